The van der Waals surface area contributed by atoms with Gasteiger partial charge in [0.25, 0.3) is 5.91 Å². The second-order valence-electron chi connectivity index (χ2n) is 7.32. The van der Waals surface area contributed by atoms with Crippen LogP contribution in [-0.2, 0) is 11.3 Å². The van der Waals surface area contributed by atoms with Crippen molar-refractivity contribution in [2.45, 2.75) is 25.6 Å². The van der Waals surface area contributed by atoms with Gasteiger partial charge < -0.3 is 10.2 Å². The third kappa shape index (κ3) is 3.56. The van der Waals surface area contributed by atoms with E-state index >= 15 is 0 Å². The molecule has 2 amide bonds. The van der Waals surface area contributed by atoms with Crippen LogP contribution in [0.3, 0.4) is 0 Å². The summed E-state index contributed by atoms with van der Waals surface area (Å²) in [6.45, 7) is 2.28. The zero-order valence-electron chi connectivity index (χ0n) is 16.6. The van der Waals surface area contributed by atoms with Crippen molar-refractivity contribution in [3.05, 3.63) is 107 Å². The second-order valence-corrected chi connectivity index (χ2v) is 7.32. The number of fused-ring (bicyclic) bond motifs is 1. The van der Waals surface area contributed by atoms with Gasteiger partial charge in [0, 0.05) is 12.1 Å². The van der Waals surface area contributed by atoms with Crippen molar-refractivity contribution in [2.75, 3.05) is 0 Å². The van der Waals surface area contributed by atoms with E-state index in [0.717, 1.165) is 11.1 Å². The minimum Gasteiger partial charge on any atom is -0.350 e. The smallest absolute Gasteiger partial charge is 0.255 e. The van der Waals surface area contributed by atoms with Gasteiger partial charge in [-0.15, -0.1) is 0 Å². The maximum absolute atomic E-state index is 13.3. The van der Waals surface area contributed by atoms with E-state index in [4.69, 9.17) is 0 Å². The lowest BCUT2D eigenvalue weighted by Gasteiger charge is -2.31. The summed E-state index contributed by atoms with van der Waals surface area (Å²) in [7, 11) is 0. The molecule has 148 valence electrons. The number of carbonyl (C=O) groups is 2. The highest BCUT2D eigenvalue weighted by Gasteiger charge is 2.43. The molecule has 1 N–H and O–H groups in total. The predicted octanol–water partition coefficient (Wildman–Crippen LogP) is 4.13. The Kier molecular flexibility index (Phi) is 5.32. The Morgan fingerprint density at radius 2 is 1.73 bits per heavy atom. The number of amides is 2. The predicted molar refractivity (Wildman–Crippen MR) is 113 cm³/mol. The zero-order chi connectivity index (χ0) is 21.1. The Hall–Kier alpha value is -3.91. The average molecular weight is 395 g/mol. The second kappa shape index (κ2) is 8.22. The summed E-state index contributed by atoms with van der Waals surface area (Å²) in [5.41, 5.74) is 3.39. The van der Waals surface area contributed by atoms with E-state index in [1.807, 2.05) is 67.6 Å². The number of benzene rings is 3. The van der Waals surface area contributed by atoms with Gasteiger partial charge in [-0.1, -0.05) is 60.7 Å². The molecule has 3 aromatic carbocycles. The van der Waals surface area contributed by atoms with E-state index in [1.165, 1.54) is 0 Å². The van der Waals surface area contributed by atoms with Gasteiger partial charge in [0.05, 0.1) is 17.7 Å². The largest absolute Gasteiger partial charge is 0.350 e. The van der Waals surface area contributed by atoms with Crippen LogP contribution >= 0.6 is 0 Å². The van der Waals surface area contributed by atoms with Crippen molar-refractivity contribution in [3.8, 4) is 6.07 Å². The third-order valence-corrected chi connectivity index (χ3v) is 5.48. The molecule has 0 aliphatic carbocycles. The Morgan fingerprint density at radius 1 is 1.07 bits per heavy atom. The minimum absolute atomic E-state index is 0.203. The molecule has 30 heavy (non-hydrogen) atoms. The SMILES string of the molecule is C[C@H](c1ccccc1)N1C(=O)c2ccc(C#N)cc2C1C(=O)NCc1ccccc1. The van der Waals surface area contributed by atoms with Gasteiger partial charge in [0.1, 0.15) is 6.04 Å². The monoisotopic (exact) mass is 395 g/mol. The highest BCUT2D eigenvalue weighted by atomic mass is 16.2. The highest BCUT2D eigenvalue weighted by molar-refractivity contribution is 6.05. The van der Waals surface area contributed by atoms with Crippen LogP contribution in [0, 0.1) is 11.3 Å². The van der Waals surface area contributed by atoms with Gasteiger partial charge in [-0.05, 0) is 41.8 Å². The fourth-order valence-electron chi connectivity index (χ4n) is 3.90. The summed E-state index contributed by atoms with van der Waals surface area (Å²) in [5, 5.41) is 12.3. The average Bonchev–Trinajstić information content (AvgIpc) is 3.09. The van der Waals surface area contributed by atoms with E-state index in [-0.39, 0.29) is 17.9 Å². The Morgan fingerprint density at radius 3 is 2.40 bits per heavy atom. The molecule has 0 saturated carbocycles. The Labute approximate surface area is 175 Å². The van der Waals surface area contributed by atoms with E-state index < -0.39 is 6.04 Å². The number of nitrogens with one attached hydrogen (secondary N) is 1. The number of carbonyl (C=O) groups excluding carboxylic acids is 2. The van der Waals surface area contributed by atoms with Gasteiger partial charge >= 0.3 is 0 Å². The molecule has 0 spiro atoms. The lowest BCUT2D eigenvalue weighted by molar-refractivity contribution is -0.126. The Balaban J connectivity index is 1.70. The first-order chi connectivity index (χ1) is 14.6. The summed E-state index contributed by atoms with van der Waals surface area (Å²) in [4.78, 5) is 28.2. The highest BCUT2D eigenvalue weighted by Crippen LogP contribution is 2.40. The molecule has 0 saturated heterocycles. The molecule has 1 unspecified atom stereocenters. The molecule has 0 radical (unpaired) electrons. The fourth-order valence-corrected chi connectivity index (χ4v) is 3.90. The standard InChI is InChI=1S/C25H21N3O2/c1-17(20-10-6-3-7-11-20)28-23(24(29)27-16-18-8-4-2-5-9-18)22-14-19(15-26)12-13-21(22)25(28)30/h2-14,17,23H,16H2,1H3,(H,27,29)/t17-,23?/m1/s1. The van der Waals surface area contributed by atoms with Crippen LogP contribution in [0.2, 0.25) is 0 Å². The van der Waals surface area contributed by atoms with Crippen LogP contribution in [0.5, 0.6) is 0 Å². The molecule has 1 heterocycles. The summed E-state index contributed by atoms with van der Waals surface area (Å²) < 4.78 is 0. The summed E-state index contributed by atoms with van der Waals surface area (Å²) in [5.74, 6) is -0.463. The normalized spacial score (nSPS) is 15.9. The lowest BCUT2D eigenvalue weighted by atomic mass is 10.00. The van der Waals surface area contributed by atoms with E-state index in [1.54, 1.807) is 23.1 Å². The van der Waals surface area contributed by atoms with E-state index in [2.05, 4.69) is 11.4 Å². The van der Waals surface area contributed by atoms with Gasteiger partial charge in [0.15, 0.2) is 0 Å². The van der Waals surface area contributed by atoms with Crippen molar-refractivity contribution in [1.29, 1.82) is 5.26 Å². The van der Waals surface area contributed by atoms with Crippen LogP contribution < -0.4 is 5.32 Å². The maximum Gasteiger partial charge on any atom is 0.255 e. The molecular weight excluding hydrogens is 374 g/mol. The third-order valence-electron chi connectivity index (χ3n) is 5.48. The van der Waals surface area contributed by atoms with Gasteiger partial charge in [-0.25, -0.2) is 0 Å². The number of hydrogen-bond acceptors (Lipinski definition) is 3. The molecule has 0 bridgehead atoms. The number of nitriles is 1. The molecule has 1 aliphatic rings. The van der Waals surface area contributed by atoms with Crippen LogP contribution in [-0.4, -0.2) is 16.7 Å². The van der Waals surface area contributed by atoms with Gasteiger partial charge in [0.2, 0.25) is 5.91 Å². The van der Waals surface area contributed by atoms with Gasteiger partial charge in [-0.3, -0.25) is 9.59 Å². The summed E-state index contributed by atoms with van der Waals surface area (Å²) in [6.07, 6.45) is 0. The van der Waals surface area contributed by atoms with Crippen molar-refractivity contribution < 1.29 is 9.59 Å². The van der Waals surface area contributed by atoms with E-state index in [0.29, 0.717) is 23.2 Å². The van der Waals surface area contributed by atoms with Crippen molar-refractivity contribution in [1.82, 2.24) is 10.2 Å². The number of hydrogen-bond donors (Lipinski definition) is 1. The molecule has 5 heteroatoms. The molecule has 5 nitrogen and oxygen atoms in total. The molecule has 0 fully saturated rings. The molecule has 1 aliphatic heterocycles. The Bertz CT molecular complexity index is 1120. The first-order valence-corrected chi connectivity index (χ1v) is 9.83. The topological polar surface area (TPSA) is 73.2 Å². The fraction of sp³-hybridized carbons (Fsp3) is 0.160. The summed E-state index contributed by atoms with van der Waals surface area (Å²) in [6, 6.07) is 25.2. The maximum atomic E-state index is 13.3. The lowest BCUT2D eigenvalue weighted by Crippen LogP contribution is -2.40. The number of rotatable bonds is 5. The molecular formula is C25H21N3O2. The first kappa shape index (κ1) is 19.4. The van der Waals surface area contributed by atoms with Crippen LogP contribution in [0.1, 0.15) is 51.6 Å². The zero-order valence-corrected chi connectivity index (χ0v) is 16.6. The first-order valence-electron chi connectivity index (χ1n) is 9.83. The molecule has 3 aromatic rings. The number of nitrogens with zero attached hydrogens (tertiary/aromatic N) is 2. The van der Waals surface area contributed by atoms with Crippen LogP contribution in [0.25, 0.3) is 0 Å². The van der Waals surface area contributed by atoms with Crippen molar-refractivity contribution in [2.24, 2.45) is 0 Å². The van der Waals surface area contributed by atoms with Gasteiger partial charge in [-0.2, -0.15) is 5.26 Å². The quantitative estimate of drug-likeness (QED) is 0.706. The van der Waals surface area contributed by atoms with Crippen molar-refractivity contribution in [3.63, 3.8) is 0 Å². The molecule has 4 rings (SSSR count). The molecule has 2 atom stereocenters. The van der Waals surface area contributed by atoms with Crippen LogP contribution in [0.15, 0.2) is 78.9 Å². The van der Waals surface area contributed by atoms with Crippen molar-refractivity contribution >= 4 is 11.8 Å². The minimum atomic E-state index is -0.792. The molecule has 0 aromatic heterocycles. The summed E-state index contributed by atoms with van der Waals surface area (Å²) >= 11 is 0. The van der Waals surface area contributed by atoms with Crippen LogP contribution in [0.4, 0.5) is 0 Å². The van der Waals surface area contributed by atoms with E-state index in [9.17, 15) is 14.9 Å².